The fourth-order valence-electron chi connectivity index (χ4n) is 1.18. The van der Waals surface area contributed by atoms with Crippen LogP contribution in [0.1, 0.15) is 5.56 Å². The van der Waals surface area contributed by atoms with Crippen LogP contribution < -0.4 is 9.47 Å². The summed E-state index contributed by atoms with van der Waals surface area (Å²) in [7, 11) is 3.06. The minimum atomic E-state index is -1.01. The Balaban J connectivity index is 3.19. The van der Waals surface area contributed by atoms with Gasteiger partial charge in [0, 0.05) is 11.6 Å². The smallest absolute Gasteiger partial charge is 0.328 e. The number of benzene rings is 1. The minimum absolute atomic E-state index is 0.574. The normalized spacial score (nSPS) is 10.4. The van der Waals surface area contributed by atoms with E-state index >= 15 is 0 Å². The molecule has 0 aromatic heterocycles. The van der Waals surface area contributed by atoms with Crippen LogP contribution in [0, 0.1) is 0 Å². The second kappa shape index (κ2) is 5.55. The van der Waals surface area contributed by atoms with Crippen molar-refractivity contribution >= 4 is 28.0 Å². The molecule has 0 radical (unpaired) electrons. The van der Waals surface area contributed by atoms with Crippen LogP contribution in [0.25, 0.3) is 6.08 Å². The number of rotatable bonds is 4. The van der Waals surface area contributed by atoms with Crippen molar-refractivity contribution in [2.75, 3.05) is 14.2 Å². The summed E-state index contributed by atoms with van der Waals surface area (Å²) < 4.78 is 11.0. The Morgan fingerprint density at radius 3 is 2.44 bits per heavy atom. The summed E-state index contributed by atoms with van der Waals surface area (Å²) in [5.74, 6) is 0.181. The maximum Gasteiger partial charge on any atom is 0.328 e. The third-order valence-corrected chi connectivity index (χ3v) is 2.53. The van der Waals surface area contributed by atoms with Gasteiger partial charge < -0.3 is 14.6 Å². The van der Waals surface area contributed by atoms with Crippen LogP contribution in [0.4, 0.5) is 0 Å². The highest BCUT2D eigenvalue weighted by Gasteiger charge is 2.07. The first-order valence-electron chi connectivity index (χ1n) is 4.41. The van der Waals surface area contributed by atoms with Crippen molar-refractivity contribution in [3.8, 4) is 11.5 Å². The lowest BCUT2D eigenvalue weighted by Crippen LogP contribution is -1.92. The zero-order valence-corrected chi connectivity index (χ0v) is 10.4. The first-order valence-corrected chi connectivity index (χ1v) is 5.20. The molecule has 4 nitrogen and oxygen atoms in total. The van der Waals surface area contributed by atoms with Gasteiger partial charge in [0.25, 0.3) is 0 Å². The van der Waals surface area contributed by atoms with Crippen LogP contribution in [0.5, 0.6) is 11.5 Å². The van der Waals surface area contributed by atoms with Gasteiger partial charge in [0.1, 0.15) is 11.5 Å². The third-order valence-electron chi connectivity index (χ3n) is 1.91. The first kappa shape index (κ1) is 12.6. The molecular formula is C11H11BrO4. The first-order chi connectivity index (χ1) is 7.58. The topological polar surface area (TPSA) is 55.8 Å². The molecule has 0 aliphatic rings. The molecule has 0 aliphatic heterocycles. The van der Waals surface area contributed by atoms with Gasteiger partial charge in [-0.15, -0.1) is 0 Å². The Bertz CT molecular complexity index is 426. The fraction of sp³-hybridized carbons (Fsp3) is 0.182. The lowest BCUT2D eigenvalue weighted by molar-refractivity contribution is -0.131. The molecule has 0 saturated carbocycles. The van der Waals surface area contributed by atoms with Crippen LogP contribution in [0.15, 0.2) is 22.7 Å². The van der Waals surface area contributed by atoms with Crippen molar-refractivity contribution in [3.05, 3.63) is 28.2 Å². The molecule has 0 fully saturated rings. The molecule has 86 valence electrons. The van der Waals surface area contributed by atoms with E-state index in [0.29, 0.717) is 17.1 Å². The zero-order valence-electron chi connectivity index (χ0n) is 8.86. The van der Waals surface area contributed by atoms with Crippen molar-refractivity contribution < 1.29 is 19.4 Å². The van der Waals surface area contributed by atoms with E-state index in [-0.39, 0.29) is 0 Å². The summed E-state index contributed by atoms with van der Waals surface area (Å²) in [4.78, 5) is 10.4. The number of aliphatic carboxylic acids is 1. The second-order valence-electron chi connectivity index (χ2n) is 2.90. The molecule has 0 atom stereocenters. The van der Waals surface area contributed by atoms with Crippen LogP contribution >= 0.6 is 15.9 Å². The van der Waals surface area contributed by atoms with Gasteiger partial charge >= 0.3 is 5.97 Å². The highest BCUT2D eigenvalue weighted by Crippen LogP contribution is 2.33. The van der Waals surface area contributed by atoms with E-state index in [0.717, 1.165) is 10.5 Å². The molecule has 0 spiro atoms. The van der Waals surface area contributed by atoms with Crippen molar-refractivity contribution in [3.63, 3.8) is 0 Å². The van der Waals surface area contributed by atoms with Crippen molar-refractivity contribution in [2.45, 2.75) is 0 Å². The molecule has 16 heavy (non-hydrogen) atoms. The molecule has 0 bridgehead atoms. The third kappa shape index (κ3) is 3.00. The quantitative estimate of drug-likeness (QED) is 0.865. The number of hydrogen-bond acceptors (Lipinski definition) is 3. The molecule has 1 aromatic carbocycles. The minimum Gasteiger partial charge on any atom is -0.496 e. The fourth-order valence-corrected chi connectivity index (χ4v) is 1.66. The molecule has 1 rings (SSSR count). The van der Waals surface area contributed by atoms with Gasteiger partial charge in [-0.2, -0.15) is 0 Å². The van der Waals surface area contributed by atoms with Crippen molar-refractivity contribution in [1.82, 2.24) is 0 Å². The average molecular weight is 287 g/mol. The molecule has 1 N–H and O–H groups in total. The molecular weight excluding hydrogens is 276 g/mol. The van der Waals surface area contributed by atoms with Gasteiger partial charge in [0.2, 0.25) is 0 Å². The van der Waals surface area contributed by atoms with Crippen LogP contribution in [-0.4, -0.2) is 25.3 Å². The molecule has 0 saturated heterocycles. The highest BCUT2D eigenvalue weighted by atomic mass is 79.9. The maximum atomic E-state index is 10.4. The Labute approximate surface area is 102 Å². The monoisotopic (exact) mass is 286 g/mol. The Hall–Kier alpha value is -1.49. The Kier molecular flexibility index (Phi) is 4.37. The van der Waals surface area contributed by atoms with E-state index in [9.17, 15) is 4.79 Å². The standard InChI is InChI=1S/C11H11BrO4/c1-15-9-6-8(12)10(16-2)5-7(9)3-4-11(13)14/h3-6H,1-2H3,(H,13,14). The van der Waals surface area contributed by atoms with Gasteiger partial charge in [-0.25, -0.2) is 4.79 Å². The number of methoxy groups -OCH3 is 2. The van der Waals surface area contributed by atoms with Gasteiger partial charge in [-0.3, -0.25) is 0 Å². The summed E-state index contributed by atoms with van der Waals surface area (Å²) in [6.45, 7) is 0. The predicted molar refractivity (Wildman–Crippen MR) is 63.9 cm³/mol. The van der Waals surface area contributed by atoms with Crippen molar-refractivity contribution in [1.29, 1.82) is 0 Å². The number of ether oxygens (including phenoxy) is 2. The van der Waals surface area contributed by atoms with E-state index in [2.05, 4.69) is 15.9 Å². The number of carboxylic acids is 1. The molecule has 0 aliphatic carbocycles. The number of halogens is 1. The summed E-state index contributed by atoms with van der Waals surface area (Å²) in [6.07, 6.45) is 2.50. The molecule has 0 heterocycles. The van der Waals surface area contributed by atoms with Gasteiger partial charge in [0.05, 0.1) is 18.7 Å². The Morgan fingerprint density at radius 2 is 1.94 bits per heavy atom. The SMILES string of the molecule is COc1cc(C=CC(=O)O)c(OC)cc1Br. The van der Waals surface area contributed by atoms with Gasteiger partial charge in [-0.1, -0.05) is 0 Å². The highest BCUT2D eigenvalue weighted by molar-refractivity contribution is 9.10. The number of carboxylic acid groups (broad SMARTS) is 1. The van der Waals surface area contributed by atoms with Crippen molar-refractivity contribution in [2.24, 2.45) is 0 Å². The molecule has 1 aromatic rings. The second-order valence-corrected chi connectivity index (χ2v) is 3.75. The average Bonchev–Trinajstić information content (AvgIpc) is 2.26. The van der Waals surface area contributed by atoms with Crippen LogP contribution in [0.3, 0.4) is 0 Å². The van der Waals surface area contributed by atoms with E-state index in [1.807, 2.05) is 0 Å². The maximum absolute atomic E-state index is 10.4. The predicted octanol–water partition coefficient (Wildman–Crippen LogP) is 2.56. The zero-order chi connectivity index (χ0) is 12.1. The summed E-state index contributed by atoms with van der Waals surface area (Å²) in [5, 5.41) is 8.55. The number of carbonyl (C=O) groups is 1. The number of hydrogen-bond donors (Lipinski definition) is 1. The summed E-state index contributed by atoms with van der Waals surface area (Å²) >= 11 is 3.32. The van der Waals surface area contributed by atoms with E-state index in [4.69, 9.17) is 14.6 Å². The lowest BCUT2D eigenvalue weighted by Gasteiger charge is -2.09. The largest absolute Gasteiger partial charge is 0.496 e. The van der Waals surface area contributed by atoms with Gasteiger partial charge in [0.15, 0.2) is 0 Å². The van der Waals surface area contributed by atoms with E-state index < -0.39 is 5.97 Å². The van der Waals surface area contributed by atoms with E-state index in [1.165, 1.54) is 20.3 Å². The van der Waals surface area contributed by atoms with Gasteiger partial charge in [-0.05, 0) is 34.1 Å². The van der Waals surface area contributed by atoms with Crippen LogP contribution in [0.2, 0.25) is 0 Å². The molecule has 0 unspecified atom stereocenters. The molecule has 0 amide bonds. The Morgan fingerprint density at radius 1 is 1.31 bits per heavy atom. The van der Waals surface area contributed by atoms with E-state index in [1.54, 1.807) is 12.1 Å². The molecule has 5 heteroatoms. The lowest BCUT2D eigenvalue weighted by atomic mass is 10.1. The van der Waals surface area contributed by atoms with Crippen LogP contribution in [-0.2, 0) is 4.79 Å². The summed E-state index contributed by atoms with van der Waals surface area (Å²) in [6, 6.07) is 3.42. The summed E-state index contributed by atoms with van der Waals surface area (Å²) in [5.41, 5.74) is 0.643.